The van der Waals surface area contributed by atoms with Gasteiger partial charge in [0.05, 0.1) is 12.2 Å². The van der Waals surface area contributed by atoms with Crippen LogP contribution in [0.15, 0.2) is 11.2 Å². The van der Waals surface area contributed by atoms with Crippen LogP contribution in [-0.4, -0.2) is 21.7 Å². The van der Waals surface area contributed by atoms with Crippen LogP contribution in [0, 0.1) is 11.8 Å². The van der Waals surface area contributed by atoms with E-state index < -0.39 is 0 Å². The minimum atomic E-state index is 0.525. The molecule has 40 heavy (non-hydrogen) atoms. The highest BCUT2D eigenvalue weighted by Gasteiger charge is 2.36. The van der Waals surface area contributed by atoms with E-state index in [1.54, 1.807) is 5.71 Å². The zero-order valence-corrected chi connectivity index (χ0v) is 25.8. The van der Waals surface area contributed by atoms with Gasteiger partial charge < -0.3 is 5.32 Å². The van der Waals surface area contributed by atoms with Crippen molar-refractivity contribution in [3.8, 4) is 0 Å². The standard InChI is InChI=1S/C36H60N4/c1-2-5-10-16-22-29(21-15-9-4-1)34-32-25-19-13-8-14-20-26-33(32)35-30(27-37-34)28-38-36(40-35)39-31-23-17-11-6-3-7-12-18-24-31/h28-29,31-33H,1-27H2,(H,38,39,40). The molecular formula is C36H60N4. The van der Waals surface area contributed by atoms with Crippen molar-refractivity contribution in [3.05, 3.63) is 17.5 Å². The Morgan fingerprint density at radius 2 is 1.00 bits per heavy atom. The topological polar surface area (TPSA) is 50.2 Å². The molecule has 2 unspecified atom stereocenters. The number of aliphatic imine (C=N–C) groups is 1. The van der Waals surface area contributed by atoms with Crippen LogP contribution in [-0.2, 0) is 6.54 Å². The molecule has 0 radical (unpaired) electrons. The summed E-state index contributed by atoms with van der Waals surface area (Å²) in [4.78, 5) is 15.9. The predicted octanol–water partition coefficient (Wildman–Crippen LogP) is 10.7. The third-order valence-electron chi connectivity index (χ3n) is 10.8. The number of fused-ring (bicyclic) bond motifs is 3. The zero-order chi connectivity index (χ0) is 27.2. The molecule has 1 aromatic heterocycles. The molecule has 4 heteroatoms. The molecule has 1 aliphatic heterocycles. The van der Waals surface area contributed by atoms with Gasteiger partial charge in [0.2, 0.25) is 5.95 Å². The molecule has 3 saturated carbocycles. The Bertz CT molecular complexity index is 873. The van der Waals surface area contributed by atoms with Crippen molar-refractivity contribution in [1.82, 2.24) is 9.97 Å². The lowest BCUT2D eigenvalue weighted by atomic mass is 9.74. The first kappa shape index (κ1) is 30.0. The fourth-order valence-electron chi connectivity index (χ4n) is 8.42. The number of hydrogen-bond acceptors (Lipinski definition) is 4. The van der Waals surface area contributed by atoms with Crippen LogP contribution in [0.25, 0.3) is 0 Å². The second-order valence-electron chi connectivity index (χ2n) is 13.9. The zero-order valence-electron chi connectivity index (χ0n) is 25.8. The Kier molecular flexibility index (Phi) is 12.7. The van der Waals surface area contributed by atoms with Crippen LogP contribution in [0.4, 0.5) is 5.95 Å². The first-order chi connectivity index (χ1) is 19.9. The third kappa shape index (κ3) is 9.02. The smallest absolute Gasteiger partial charge is 0.223 e. The van der Waals surface area contributed by atoms with E-state index in [9.17, 15) is 0 Å². The van der Waals surface area contributed by atoms with Crippen molar-refractivity contribution in [2.45, 2.75) is 185 Å². The molecule has 4 nitrogen and oxygen atoms in total. The van der Waals surface area contributed by atoms with Crippen molar-refractivity contribution < 1.29 is 0 Å². The molecule has 0 aromatic carbocycles. The average molecular weight is 549 g/mol. The summed E-state index contributed by atoms with van der Waals surface area (Å²) >= 11 is 0. The van der Waals surface area contributed by atoms with Crippen molar-refractivity contribution in [2.75, 3.05) is 5.32 Å². The van der Waals surface area contributed by atoms with E-state index in [0.717, 1.165) is 12.5 Å². The Morgan fingerprint density at radius 3 is 1.57 bits per heavy atom. The number of aromatic nitrogens is 2. The highest BCUT2D eigenvalue weighted by molar-refractivity contribution is 5.90. The molecule has 0 bridgehead atoms. The van der Waals surface area contributed by atoms with E-state index in [-0.39, 0.29) is 0 Å². The Balaban J connectivity index is 1.37. The van der Waals surface area contributed by atoms with Gasteiger partial charge in [-0.25, -0.2) is 9.97 Å². The van der Waals surface area contributed by atoms with Crippen LogP contribution in [0.1, 0.15) is 184 Å². The lowest BCUT2D eigenvalue weighted by Crippen LogP contribution is -2.29. The maximum Gasteiger partial charge on any atom is 0.223 e. The van der Waals surface area contributed by atoms with Crippen LogP contribution in [0.2, 0.25) is 0 Å². The molecule has 3 fully saturated rings. The van der Waals surface area contributed by atoms with Gasteiger partial charge in [0, 0.05) is 35.3 Å². The van der Waals surface area contributed by atoms with Crippen molar-refractivity contribution in [2.24, 2.45) is 16.8 Å². The summed E-state index contributed by atoms with van der Waals surface area (Å²) in [6.45, 7) is 0.803. The molecule has 0 amide bonds. The minimum Gasteiger partial charge on any atom is -0.351 e. The first-order valence-corrected chi connectivity index (χ1v) is 18.0. The van der Waals surface area contributed by atoms with Crippen LogP contribution >= 0.6 is 0 Å². The molecule has 0 spiro atoms. The molecule has 3 aliphatic carbocycles. The van der Waals surface area contributed by atoms with E-state index in [1.165, 1.54) is 178 Å². The van der Waals surface area contributed by atoms with E-state index >= 15 is 0 Å². The summed E-state index contributed by atoms with van der Waals surface area (Å²) in [7, 11) is 0. The molecule has 2 atom stereocenters. The number of anilines is 1. The quantitative estimate of drug-likeness (QED) is 0.408. The van der Waals surface area contributed by atoms with Gasteiger partial charge in [0.15, 0.2) is 0 Å². The van der Waals surface area contributed by atoms with Crippen molar-refractivity contribution >= 4 is 11.7 Å². The van der Waals surface area contributed by atoms with Gasteiger partial charge in [-0.05, 0) is 44.4 Å². The number of rotatable bonds is 3. The van der Waals surface area contributed by atoms with E-state index in [1.807, 2.05) is 0 Å². The van der Waals surface area contributed by atoms with Gasteiger partial charge in [-0.3, -0.25) is 4.99 Å². The molecule has 5 rings (SSSR count). The van der Waals surface area contributed by atoms with Crippen molar-refractivity contribution in [3.63, 3.8) is 0 Å². The van der Waals surface area contributed by atoms with Gasteiger partial charge in [0.1, 0.15) is 0 Å². The highest BCUT2D eigenvalue weighted by atomic mass is 15.1. The Hall–Kier alpha value is -1.45. The van der Waals surface area contributed by atoms with E-state index in [2.05, 4.69) is 11.5 Å². The number of nitrogens with zero attached hydrogens (tertiary/aromatic N) is 3. The number of nitrogens with one attached hydrogen (secondary N) is 1. The van der Waals surface area contributed by atoms with Crippen LogP contribution < -0.4 is 5.32 Å². The Labute approximate surface area is 246 Å². The number of hydrogen-bond donors (Lipinski definition) is 1. The van der Waals surface area contributed by atoms with Crippen LogP contribution in [0.5, 0.6) is 0 Å². The van der Waals surface area contributed by atoms with Gasteiger partial charge >= 0.3 is 0 Å². The van der Waals surface area contributed by atoms with Gasteiger partial charge in [-0.1, -0.05) is 128 Å². The Morgan fingerprint density at radius 1 is 0.525 bits per heavy atom. The van der Waals surface area contributed by atoms with Gasteiger partial charge in [-0.15, -0.1) is 0 Å². The van der Waals surface area contributed by atoms with Gasteiger partial charge in [-0.2, -0.15) is 0 Å². The molecule has 0 saturated heterocycles. The fourth-order valence-corrected chi connectivity index (χ4v) is 8.42. The monoisotopic (exact) mass is 548 g/mol. The summed E-state index contributed by atoms with van der Waals surface area (Å²) in [6.07, 6.45) is 38.0. The summed E-state index contributed by atoms with van der Waals surface area (Å²) in [6, 6.07) is 0.525. The highest BCUT2D eigenvalue weighted by Crippen LogP contribution is 2.42. The molecule has 1 aromatic rings. The molecule has 1 N–H and O–H groups in total. The van der Waals surface area contributed by atoms with E-state index in [0.29, 0.717) is 23.8 Å². The van der Waals surface area contributed by atoms with E-state index in [4.69, 9.17) is 15.0 Å². The first-order valence-electron chi connectivity index (χ1n) is 18.0. The van der Waals surface area contributed by atoms with Gasteiger partial charge in [0.25, 0.3) is 0 Å². The fraction of sp³-hybridized carbons (Fsp3) is 0.861. The molecule has 2 heterocycles. The van der Waals surface area contributed by atoms with Crippen molar-refractivity contribution in [1.29, 1.82) is 0 Å². The largest absolute Gasteiger partial charge is 0.351 e. The predicted molar refractivity (Wildman–Crippen MR) is 170 cm³/mol. The second-order valence-corrected chi connectivity index (χ2v) is 13.9. The average Bonchev–Trinajstić information content (AvgIpc) is 3.06. The normalized spacial score (nSPS) is 27.8. The van der Waals surface area contributed by atoms with Crippen LogP contribution in [0.3, 0.4) is 0 Å². The summed E-state index contributed by atoms with van der Waals surface area (Å²) in [5.74, 6) is 2.71. The third-order valence-corrected chi connectivity index (χ3v) is 10.8. The SMILES string of the molecule is c1nc(NC2CCCCCCCCC2)nc2c1CN=C(C1CCCCCCCCCC1)C1CCCCCCCC21. The maximum absolute atomic E-state index is 5.53. The molecule has 224 valence electrons. The maximum atomic E-state index is 5.53. The summed E-state index contributed by atoms with van der Waals surface area (Å²) in [5, 5.41) is 3.85. The summed E-state index contributed by atoms with van der Waals surface area (Å²) in [5.41, 5.74) is 4.28. The second kappa shape index (κ2) is 16.9. The minimum absolute atomic E-state index is 0.525. The molecular weight excluding hydrogens is 488 g/mol. The lowest BCUT2D eigenvalue weighted by molar-refractivity contribution is 0.420. The lowest BCUT2D eigenvalue weighted by Gasteiger charge is -2.31. The molecule has 4 aliphatic rings. The summed E-state index contributed by atoms with van der Waals surface area (Å²) < 4.78 is 0.